The van der Waals surface area contributed by atoms with Gasteiger partial charge in [-0.2, -0.15) is 12.7 Å². The number of halogens is 1. The molecule has 1 aromatic heterocycles. The number of rotatable bonds is 2. The van der Waals surface area contributed by atoms with Gasteiger partial charge in [0.1, 0.15) is 23.6 Å². The van der Waals surface area contributed by atoms with Gasteiger partial charge < -0.3 is 18.8 Å². The molecule has 0 saturated carbocycles. The number of aliphatic carboxylic acids is 1. The molecule has 0 amide bonds. The summed E-state index contributed by atoms with van der Waals surface area (Å²) in [4.78, 5) is 12.0. The third-order valence-corrected chi connectivity index (χ3v) is 9.50. The number of carboxylic acids is 1. The minimum atomic E-state index is -4.13. The first-order chi connectivity index (χ1) is 20.1. The lowest BCUT2D eigenvalue weighted by molar-refractivity contribution is -0.137. The topological polar surface area (TPSA) is 133 Å². The zero-order valence-electron chi connectivity index (χ0n) is 23.0. The first kappa shape index (κ1) is 28.4. The summed E-state index contributed by atoms with van der Waals surface area (Å²) >= 11 is 6.67. The van der Waals surface area contributed by atoms with Crippen molar-refractivity contribution in [3.63, 3.8) is 0 Å². The van der Waals surface area contributed by atoms with E-state index in [0.29, 0.717) is 36.6 Å². The van der Waals surface area contributed by atoms with Crippen molar-refractivity contribution < 1.29 is 32.0 Å². The summed E-state index contributed by atoms with van der Waals surface area (Å²) in [5, 5.41) is 18.8. The number of nitrogens with zero attached hydrogens (tertiary/aromatic N) is 4. The predicted octanol–water partition coefficient (Wildman–Crippen LogP) is 4.36. The molecule has 3 aliphatic rings. The molecule has 3 aliphatic heterocycles. The maximum absolute atomic E-state index is 13.2. The van der Waals surface area contributed by atoms with Gasteiger partial charge in [0.05, 0.1) is 36.7 Å². The van der Waals surface area contributed by atoms with E-state index < -0.39 is 22.2 Å². The van der Waals surface area contributed by atoms with Crippen LogP contribution in [0.2, 0.25) is 5.02 Å². The molecule has 0 aliphatic carbocycles. The maximum atomic E-state index is 13.2. The Hall–Kier alpha value is -3.71. The average Bonchev–Trinajstić information content (AvgIpc) is 3.36. The van der Waals surface area contributed by atoms with Crippen molar-refractivity contribution in [2.45, 2.75) is 45.8 Å². The number of carbonyl (C=O) groups is 1. The molecular weight excluding hydrogens is 584 g/mol. The van der Waals surface area contributed by atoms with Gasteiger partial charge in [-0.3, -0.25) is 4.79 Å². The number of carboxylic acid groups (broad SMARTS) is 1. The molecular formula is C29H29ClN4O7S. The fourth-order valence-electron chi connectivity index (χ4n) is 5.52. The number of aryl methyl sites for hydroxylation is 2. The molecule has 2 atom stereocenters. The van der Waals surface area contributed by atoms with E-state index in [0.717, 1.165) is 33.3 Å². The highest BCUT2D eigenvalue weighted by Gasteiger charge is 2.34. The highest BCUT2D eigenvalue weighted by atomic mass is 35.5. The monoisotopic (exact) mass is 612 g/mol. The van der Waals surface area contributed by atoms with Crippen LogP contribution in [0.1, 0.15) is 45.7 Å². The van der Waals surface area contributed by atoms with Crippen LogP contribution in [-0.4, -0.2) is 58.6 Å². The molecule has 2 unspecified atom stereocenters. The Labute approximate surface area is 247 Å². The largest absolute Gasteiger partial charge is 0.490 e. The van der Waals surface area contributed by atoms with E-state index in [9.17, 15) is 18.3 Å². The van der Waals surface area contributed by atoms with Crippen molar-refractivity contribution >= 4 is 38.9 Å². The van der Waals surface area contributed by atoms with Gasteiger partial charge in [0.2, 0.25) is 0 Å². The Bertz CT molecular complexity index is 1810. The van der Waals surface area contributed by atoms with Crippen LogP contribution >= 0.6 is 11.6 Å². The number of aromatic nitrogens is 3. The van der Waals surface area contributed by atoms with Gasteiger partial charge in [-0.15, -0.1) is 5.10 Å². The van der Waals surface area contributed by atoms with Crippen molar-refractivity contribution in [3.05, 3.63) is 80.9 Å². The van der Waals surface area contributed by atoms with Crippen LogP contribution in [0, 0.1) is 13.8 Å². The van der Waals surface area contributed by atoms with Crippen LogP contribution < -0.4 is 8.92 Å². The lowest BCUT2D eigenvalue weighted by Gasteiger charge is -2.29. The smallest absolute Gasteiger partial charge is 0.385 e. The van der Waals surface area contributed by atoms with E-state index in [1.165, 1.54) is 10.4 Å². The number of hydrogen-bond acceptors (Lipinski definition) is 8. The third-order valence-electron chi connectivity index (χ3n) is 7.80. The van der Waals surface area contributed by atoms with Crippen molar-refractivity contribution in [2.24, 2.45) is 0 Å². The van der Waals surface area contributed by atoms with E-state index in [-0.39, 0.29) is 36.9 Å². The Morgan fingerprint density at radius 2 is 1.88 bits per heavy atom. The van der Waals surface area contributed by atoms with E-state index in [1.54, 1.807) is 10.7 Å². The maximum Gasteiger partial charge on any atom is 0.385 e. The summed E-state index contributed by atoms with van der Waals surface area (Å²) < 4.78 is 46.3. The number of hydrogen-bond donors (Lipinski definition) is 1. The molecule has 0 saturated heterocycles. The van der Waals surface area contributed by atoms with Crippen molar-refractivity contribution in [2.75, 3.05) is 19.8 Å². The second-order valence-electron chi connectivity index (χ2n) is 10.4. The van der Waals surface area contributed by atoms with Gasteiger partial charge in [0.25, 0.3) is 0 Å². The van der Waals surface area contributed by atoms with Gasteiger partial charge in [0, 0.05) is 24.6 Å². The molecule has 220 valence electrons. The first-order valence-corrected chi connectivity index (χ1v) is 15.2. The van der Waals surface area contributed by atoms with Crippen LogP contribution in [-0.2, 0) is 39.5 Å². The molecule has 0 spiro atoms. The van der Waals surface area contributed by atoms with Gasteiger partial charge in [-0.1, -0.05) is 41.1 Å². The van der Waals surface area contributed by atoms with Crippen LogP contribution in [0.3, 0.4) is 0 Å². The predicted molar refractivity (Wildman–Crippen MR) is 154 cm³/mol. The SMILES string of the molecule is Cc1ccc2cc1CN1Cc3c(ccc(c3Cl)OCCOCCn3nnc4c(C)c(ccc43)C2CC(=O)O)OS1(=O)=O. The summed E-state index contributed by atoms with van der Waals surface area (Å²) in [6.45, 7) is 5.15. The summed E-state index contributed by atoms with van der Waals surface area (Å²) in [6, 6.07) is 12.6. The molecule has 7 rings (SSSR count). The van der Waals surface area contributed by atoms with Crippen LogP contribution in [0.25, 0.3) is 11.0 Å². The normalized spacial score (nSPS) is 20.2. The van der Waals surface area contributed by atoms with E-state index in [4.69, 9.17) is 25.3 Å². The molecule has 4 aromatic rings. The minimum absolute atomic E-state index is 0.00281. The Kier molecular flexibility index (Phi) is 7.56. The lowest BCUT2D eigenvalue weighted by Crippen LogP contribution is -2.37. The van der Waals surface area contributed by atoms with Crippen LogP contribution in [0.15, 0.2) is 42.5 Å². The van der Waals surface area contributed by atoms with E-state index >= 15 is 0 Å². The number of benzene rings is 3. The molecule has 4 heterocycles. The highest BCUT2D eigenvalue weighted by molar-refractivity contribution is 7.84. The summed E-state index contributed by atoms with van der Waals surface area (Å²) in [7, 11) is -4.13. The first-order valence-electron chi connectivity index (χ1n) is 13.5. The number of ether oxygens (including phenoxy) is 2. The van der Waals surface area contributed by atoms with E-state index in [1.807, 2.05) is 44.2 Å². The second-order valence-corrected chi connectivity index (χ2v) is 12.3. The zero-order chi connectivity index (χ0) is 29.6. The van der Waals surface area contributed by atoms with E-state index in [2.05, 4.69) is 10.3 Å². The average molecular weight is 613 g/mol. The molecule has 0 radical (unpaired) electrons. The molecule has 0 fully saturated rings. The van der Waals surface area contributed by atoms with Gasteiger partial charge >= 0.3 is 16.3 Å². The van der Waals surface area contributed by atoms with Gasteiger partial charge in [-0.05, 0) is 59.9 Å². The lowest BCUT2D eigenvalue weighted by atomic mass is 9.84. The summed E-state index contributed by atoms with van der Waals surface area (Å²) in [5.41, 5.74) is 5.97. The van der Waals surface area contributed by atoms with Crippen molar-refractivity contribution in [3.8, 4) is 11.5 Å². The molecule has 11 nitrogen and oxygen atoms in total. The molecule has 42 heavy (non-hydrogen) atoms. The minimum Gasteiger partial charge on any atom is -0.490 e. The standard InChI is InChI=1S/C29H29ClN4O7S/c1-17-3-4-19-13-20(17)15-33-16-23-25(41-42(33,37)38)7-8-26(28(23)30)40-12-11-39-10-9-34-24-6-5-21(22(19)14-27(35)36)18(2)29(24)31-32-34/h3-8,13,22H,9-12,14-16H2,1-2H3,(H,35,36). The third kappa shape index (κ3) is 5.31. The van der Waals surface area contributed by atoms with Crippen molar-refractivity contribution in [1.82, 2.24) is 19.3 Å². The molecule has 1 N–H and O–H groups in total. The van der Waals surface area contributed by atoms with Gasteiger partial charge in [0.15, 0.2) is 0 Å². The second kappa shape index (κ2) is 11.2. The fraction of sp³-hybridized carbons (Fsp3) is 0.345. The molecule has 3 aromatic carbocycles. The van der Waals surface area contributed by atoms with Crippen LogP contribution in [0.5, 0.6) is 11.5 Å². The molecule has 13 heteroatoms. The highest BCUT2D eigenvalue weighted by Crippen LogP contribution is 2.41. The Balaban J connectivity index is 1.47. The molecule has 9 bridgehead atoms. The fourth-order valence-corrected chi connectivity index (χ4v) is 6.86. The van der Waals surface area contributed by atoms with Crippen LogP contribution in [0.4, 0.5) is 0 Å². The quantitative estimate of drug-likeness (QED) is 0.350. The summed E-state index contributed by atoms with van der Waals surface area (Å²) in [6.07, 6.45) is -0.159. The Morgan fingerprint density at radius 3 is 2.69 bits per heavy atom. The zero-order valence-corrected chi connectivity index (χ0v) is 24.6. The number of fused-ring (bicyclic) bond motifs is 6. The summed E-state index contributed by atoms with van der Waals surface area (Å²) in [5.74, 6) is -0.901. The van der Waals surface area contributed by atoms with Crippen molar-refractivity contribution in [1.29, 1.82) is 0 Å². The Morgan fingerprint density at radius 1 is 1.07 bits per heavy atom. The van der Waals surface area contributed by atoms with Gasteiger partial charge in [-0.25, -0.2) is 4.68 Å².